The van der Waals surface area contributed by atoms with Gasteiger partial charge in [0.05, 0.1) is 0 Å². The summed E-state index contributed by atoms with van der Waals surface area (Å²) >= 11 is 0. The molecule has 0 aromatic carbocycles. The van der Waals surface area contributed by atoms with Crippen LogP contribution in [-0.2, 0) is 8.85 Å². The van der Waals surface area contributed by atoms with Crippen LogP contribution in [0, 0.1) is 6.92 Å². The van der Waals surface area contributed by atoms with Gasteiger partial charge in [0.25, 0.3) is 0 Å². The van der Waals surface area contributed by atoms with Crippen LogP contribution >= 0.6 is 0 Å². The predicted octanol–water partition coefficient (Wildman–Crippen LogP) is -1.10. The van der Waals surface area contributed by atoms with Crippen LogP contribution in [-0.4, -0.2) is 44.5 Å². The quantitative estimate of drug-likeness (QED) is 0.347. The Hall–Kier alpha value is 1.63. The Morgan fingerprint density at radius 3 is 1.64 bits per heavy atom. The molecule has 2 nitrogen and oxygen atoms in total. The summed E-state index contributed by atoms with van der Waals surface area (Å²) in [4.78, 5) is 0. The predicted molar refractivity (Wildman–Crippen MR) is 60.1 cm³/mol. The summed E-state index contributed by atoms with van der Waals surface area (Å²) in [5.41, 5.74) is 0. The molecule has 0 aliphatic rings. The largest absolute Gasteiger partial charge is 2.00 e. The van der Waals surface area contributed by atoms with Gasteiger partial charge in [-0.3, -0.25) is 0 Å². The number of rotatable bonds is 6. The summed E-state index contributed by atoms with van der Waals surface area (Å²) in [6, 6.07) is 1.01. The fraction of sp³-hybridized carbons (Fsp3) is 0.889. The molecule has 5 heteroatoms. The van der Waals surface area contributed by atoms with Gasteiger partial charge in [-0.1, -0.05) is 0 Å². The van der Waals surface area contributed by atoms with Crippen molar-refractivity contribution in [2.24, 2.45) is 0 Å². The molecule has 0 heterocycles. The van der Waals surface area contributed by atoms with Crippen LogP contribution in [0.3, 0.4) is 0 Å². The van der Waals surface area contributed by atoms with Gasteiger partial charge in [-0.05, 0) is 33.7 Å². The van der Waals surface area contributed by atoms with Crippen molar-refractivity contribution in [3.63, 3.8) is 0 Å². The molecule has 14 heavy (non-hydrogen) atoms. The van der Waals surface area contributed by atoms with E-state index in [1.165, 1.54) is 0 Å². The molecule has 0 unspecified atom stereocenters. The number of halogens is 1. The minimum Gasteiger partial charge on any atom is -1.00 e. The van der Waals surface area contributed by atoms with Crippen molar-refractivity contribution in [3.8, 4) is 0 Å². The van der Waals surface area contributed by atoms with E-state index in [4.69, 9.17) is 8.85 Å². The van der Waals surface area contributed by atoms with E-state index in [-0.39, 0.29) is 59.2 Å². The molecule has 0 aromatic heterocycles. The first-order chi connectivity index (χ1) is 5.56. The van der Waals surface area contributed by atoms with Crippen molar-refractivity contribution in [1.29, 1.82) is 0 Å². The molecule has 0 atom stereocenters. The third-order valence-electron chi connectivity index (χ3n) is 1.29. The average molecular weight is 341 g/mol. The topological polar surface area (TPSA) is 18.5 Å². The van der Waals surface area contributed by atoms with Crippen LogP contribution in [0.1, 0.15) is 34.1 Å². The second-order valence-corrected chi connectivity index (χ2v) is 5.42. The third kappa shape index (κ3) is 13.6. The van der Waals surface area contributed by atoms with Crippen molar-refractivity contribution in [2.75, 3.05) is 0 Å². The average Bonchev–Trinajstić information content (AvgIpc) is 1.84. The summed E-state index contributed by atoms with van der Waals surface area (Å²) in [5, 5.41) is 0. The molecule has 0 radical (unpaired) electrons. The molecule has 0 aliphatic carbocycles. The fourth-order valence-electron chi connectivity index (χ4n) is 0.942. The van der Waals surface area contributed by atoms with E-state index in [0.717, 1.165) is 12.5 Å². The molecule has 0 fully saturated rings. The zero-order valence-corrected chi connectivity index (χ0v) is 14.5. The van der Waals surface area contributed by atoms with Gasteiger partial charge in [0.1, 0.15) is 0 Å². The first kappa shape index (κ1) is 21.0. The summed E-state index contributed by atoms with van der Waals surface area (Å²) in [6.07, 6.45) is 1.48. The van der Waals surface area contributed by atoms with Gasteiger partial charge < -0.3 is 39.8 Å². The normalized spacial score (nSPS) is 10.3. The zero-order valence-electron chi connectivity index (χ0n) is 9.75. The van der Waals surface area contributed by atoms with Crippen molar-refractivity contribution in [1.82, 2.24) is 0 Å². The molecule has 0 bridgehead atoms. The summed E-state index contributed by atoms with van der Waals surface area (Å²) in [5.74, 6) is 0. The van der Waals surface area contributed by atoms with Gasteiger partial charge in [0, 0.05) is 12.2 Å². The molecule has 0 rings (SSSR count). The molecule has 0 saturated carbocycles. The molecular formula is C9H21IMgO2Si. The van der Waals surface area contributed by atoms with Gasteiger partial charge in [0.2, 0.25) is 0 Å². The van der Waals surface area contributed by atoms with Crippen molar-refractivity contribution in [2.45, 2.75) is 52.4 Å². The van der Waals surface area contributed by atoms with Gasteiger partial charge in [-0.2, -0.15) is 6.42 Å². The molecule has 0 saturated heterocycles. The SMILES string of the molecule is [CH2-]CC[SiH](OC(C)C)OC(C)C.[I-].[Mg+2]. The molecular weight excluding hydrogens is 319 g/mol. The zero-order chi connectivity index (χ0) is 9.56. The third-order valence-corrected chi connectivity index (χ3v) is 3.86. The standard InChI is InChI=1S/C9H21O2Si.HI.Mg/c1-6-7-12(10-8(2)3)11-9(4)5;;/h8-9,12H,1,6-7H2,2-5H3;1H;/q-1;;+2/p-1. The van der Waals surface area contributed by atoms with Gasteiger partial charge >= 0.3 is 32.3 Å². The summed E-state index contributed by atoms with van der Waals surface area (Å²) in [7, 11) is -1.41. The monoisotopic (exact) mass is 340 g/mol. The minimum absolute atomic E-state index is 0. The van der Waals surface area contributed by atoms with Crippen LogP contribution < -0.4 is 24.0 Å². The molecule has 0 aliphatic heterocycles. The second-order valence-electron chi connectivity index (χ2n) is 3.44. The van der Waals surface area contributed by atoms with Crippen LogP contribution in [0.4, 0.5) is 0 Å². The van der Waals surface area contributed by atoms with E-state index < -0.39 is 9.28 Å². The Balaban J connectivity index is -0.000000605. The van der Waals surface area contributed by atoms with Crippen LogP contribution in [0.15, 0.2) is 0 Å². The van der Waals surface area contributed by atoms with E-state index >= 15 is 0 Å². The first-order valence-electron chi connectivity index (χ1n) is 4.66. The van der Waals surface area contributed by atoms with Crippen molar-refractivity contribution < 1.29 is 32.8 Å². The Morgan fingerprint density at radius 2 is 1.43 bits per heavy atom. The Bertz CT molecular complexity index is 105. The molecule has 0 N–H and O–H groups in total. The smallest absolute Gasteiger partial charge is 1.00 e. The first-order valence-corrected chi connectivity index (χ1v) is 6.42. The second kappa shape index (κ2) is 12.7. The van der Waals surface area contributed by atoms with E-state index in [0.29, 0.717) is 0 Å². The van der Waals surface area contributed by atoms with Gasteiger partial charge in [0.15, 0.2) is 0 Å². The van der Waals surface area contributed by atoms with E-state index in [2.05, 4.69) is 6.92 Å². The Morgan fingerprint density at radius 1 is 1.07 bits per heavy atom. The number of hydrogen-bond acceptors (Lipinski definition) is 2. The Labute approximate surface area is 124 Å². The van der Waals surface area contributed by atoms with E-state index in [1.54, 1.807) is 0 Å². The van der Waals surface area contributed by atoms with Gasteiger partial charge in [-0.25, -0.2) is 0 Å². The number of hydrogen-bond donors (Lipinski definition) is 0. The van der Waals surface area contributed by atoms with Crippen molar-refractivity contribution in [3.05, 3.63) is 6.92 Å². The molecule has 0 aromatic rings. The molecule has 0 amide bonds. The minimum atomic E-state index is -1.41. The van der Waals surface area contributed by atoms with Crippen LogP contribution in [0.5, 0.6) is 0 Å². The maximum absolute atomic E-state index is 5.68. The summed E-state index contributed by atoms with van der Waals surface area (Å²) in [6.45, 7) is 12.0. The van der Waals surface area contributed by atoms with Crippen LogP contribution in [0.25, 0.3) is 0 Å². The van der Waals surface area contributed by atoms with Crippen molar-refractivity contribution >= 4 is 32.3 Å². The maximum atomic E-state index is 5.68. The maximum Gasteiger partial charge on any atom is 2.00 e. The van der Waals surface area contributed by atoms with E-state index in [9.17, 15) is 0 Å². The van der Waals surface area contributed by atoms with Crippen LogP contribution in [0.2, 0.25) is 6.04 Å². The van der Waals surface area contributed by atoms with Gasteiger partial charge in [-0.15, -0.1) is 0 Å². The van der Waals surface area contributed by atoms with E-state index in [1.807, 2.05) is 27.7 Å². The Kier molecular flexibility index (Phi) is 19.0. The fourth-order valence-corrected chi connectivity index (χ4v) is 2.83. The molecule has 0 spiro atoms. The molecule has 82 valence electrons. The summed E-state index contributed by atoms with van der Waals surface area (Å²) < 4.78 is 11.4.